The molecule has 0 atom stereocenters. The summed E-state index contributed by atoms with van der Waals surface area (Å²) in [5.74, 6) is 0. The fourth-order valence-electron chi connectivity index (χ4n) is 0.427. The van der Waals surface area contributed by atoms with Crippen LogP contribution in [-0.2, 0) is 57.2 Å². The molecule has 0 aliphatic rings. The number of nitrogens with zero attached hydrogens (tertiary/aromatic N) is 2. The molecule has 0 rings (SSSR count). The molecule has 0 aromatic rings. The summed E-state index contributed by atoms with van der Waals surface area (Å²) in [6, 6.07) is 0. The number of hydrogen-bond donors (Lipinski definition) is 0. The molecule has 0 heterocycles. The van der Waals surface area contributed by atoms with Gasteiger partial charge in [-0.3, -0.25) is 0 Å². The van der Waals surface area contributed by atoms with Gasteiger partial charge < -0.3 is 13.7 Å². The molecule has 0 bridgehead atoms. The Hall–Kier alpha value is -0.641. The first kappa shape index (κ1) is 38.6. The van der Waals surface area contributed by atoms with Crippen molar-refractivity contribution >= 4 is 40.1 Å². The largest absolute Gasteiger partial charge is 2.00 e. The normalized spacial score (nSPS) is 14.4. The van der Waals surface area contributed by atoms with Crippen LogP contribution in [0.2, 0.25) is 0 Å². The van der Waals surface area contributed by atoms with Gasteiger partial charge >= 0.3 is 39.1 Å². The van der Waals surface area contributed by atoms with Crippen LogP contribution in [0, 0.1) is 0 Å². The van der Waals surface area contributed by atoms with Gasteiger partial charge in [-0.25, -0.2) is 33.7 Å². The summed E-state index contributed by atoms with van der Waals surface area (Å²) in [6.07, 6.45) is 0. The monoisotopic (exact) mass is 641 g/mol. The molecule has 201 valence electrons. The maximum Gasteiger partial charge on any atom is 2.00 e. The molecular formula is C4H2CuF12N2O9S4. The molecule has 2 N–H and O–H groups in total. The summed E-state index contributed by atoms with van der Waals surface area (Å²) in [4.78, 5) is 0. The fraction of sp³-hybridized carbons (Fsp3) is 1.00. The van der Waals surface area contributed by atoms with Gasteiger partial charge in [-0.05, 0) is 0 Å². The fourth-order valence-corrected chi connectivity index (χ4v) is 3.85. The van der Waals surface area contributed by atoms with Gasteiger partial charge in [0.2, 0.25) is 0 Å². The molecule has 0 amide bonds. The van der Waals surface area contributed by atoms with E-state index in [4.69, 9.17) is 0 Å². The summed E-state index contributed by atoms with van der Waals surface area (Å²) in [7, 11) is -26.9. The van der Waals surface area contributed by atoms with E-state index in [-0.39, 0.29) is 22.5 Å². The van der Waals surface area contributed by atoms with Crippen LogP contribution in [-0.4, -0.2) is 61.2 Å². The number of sulfonamides is 4. The minimum atomic E-state index is -6.72. The Balaban J connectivity index is -0.000000231. The van der Waals surface area contributed by atoms with Crippen LogP contribution in [0.4, 0.5) is 52.7 Å². The molecule has 0 aliphatic heterocycles. The second-order valence-electron chi connectivity index (χ2n) is 3.83. The van der Waals surface area contributed by atoms with Crippen molar-refractivity contribution in [3.63, 3.8) is 0 Å². The molecule has 0 spiro atoms. The zero-order chi connectivity index (χ0) is 25.4. The quantitative estimate of drug-likeness (QED) is 0.323. The third-order valence-electron chi connectivity index (χ3n) is 1.56. The Morgan fingerprint density at radius 2 is 0.469 bits per heavy atom. The molecule has 0 aromatic carbocycles. The van der Waals surface area contributed by atoms with Gasteiger partial charge in [-0.2, -0.15) is 52.7 Å². The maximum absolute atomic E-state index is 11.4. The van der Waals surface area contributed by atoms with Crippen molar-refractivity contribution in [2.75, 3.05) is 0 Å². The molecule has 28 heteroatoms. The van der Waals surface area contributed by atoms with Crippen molar-refractivity contribution in [1.29, 1.82) is 0 Å². The first-order chi connectivity index (χ1) is 12.4. The van der Waals surface area contributed by atoms with E-state index in [1.54, 1.807) is 0 Å². The van der Waals surface area contributed by atoms with Gasteiger partial charge in [0.1, 0.15) is 0 Å². The minimum absolute atomic E-state index is 0. The van der Waals surface area contributed by atoms with Crippen molar-refractivity contribution in [3.05, 3.63) is 8.25 Å². The number of halogens is 12. The van der Waals surface area contributed by atoms with E-state index in [0.29, 0.717) is 0 Å². The molecule has 11 nitrogen and oxygen atoms in total. The van der Waals surface area contributed by atoms with E-state index < -0.39 is 62.1 Å². The van der Waals surface area contributed by atoms with Crippen molar-refractivity contribution in [2.45, 2.75) is 22.0 Å². The average Bonchev–Trinajstić information content (AvgIpc) is 2.30. The zero-order valence-electron chi connectivity index (χ0n) is 13.1. The van der Waals surface area contributed by atoms with Crippen LogP contribution in [0.5, 0.6) is 0 Å². The predicted molar refractivity (Wildman–Crippen MR) is 70.2 cm³/mol. The van der Waals surface area contributed by atoms with Crippen LogP contribution in [0.1, 0.15) is 0 Å². The van der Waals surface area contributed by atoms with Crippen LogP contribution in [0.15, 0.2) is 0 Å². The topological polar surface area (TPSA) is 196 Å². The summed E-state index contributed by atoms with van der Waals surface area (Å²) < 4.78 is 218. The summed E-state index contributed by atoms with van der Waals surface area (Å²) in [6.45, 7) is 0. The van der Waals surface area contributed by atoms with Crippen molar-refractivity contribution in [1.82, 2.24) is 0 Å². The van der Waals surface area contributed by atoms with E-state index in [0.717, 1.165) is 8.25 Å². The zero-order valence-corrected chi connectivity index (χ0v) is 17.3. The van der Waals surface area contributed by atoms with Gasteiger partial charge in [-0.15, -0.1) is 0 Å². The predicted octanol–water partition coefficient (Wildman–Crippen LogP) is 1.29. The molecule has 0 saturated carbocycles. The van der Waals surface area contributed by atoms with Crippen LogP contribution < -0.4 is 0 Å². The molecule has 0 aromatic heterocycles. The second kappa shape index (κ2) is 10.7. The molecular weight excluding hydrogens is 640 g/mol. The van der Waals surface area contributed by atoms with Crippen molar-refractivity contribution in [2.24, 2.45) is 0 Å². The second-order valence-corrected chi connectivity index (χ2v) is 10.7. The average molecular weight is 642 g/mol. The Labute approximate surface area is 179 Å². The van der Waals surface area contributed by atoms with Gasteiger partial charge in [0.05, 0.1) is 0 Å². The van der Waals surface area contributed by atoms with Crippen molar-refractivity contribution < 1.29 is 109 Å². The first-order valence-corrected chi connectivity index (χ1v) is 10.9. The first-order valence-electron chi connectivity index (χ1n) is 5.15. The summed E-state index contributed by atoms with van der Waals surface area (Å²) in [5, 5.41) is 0. The van der Waals surface area contributed by atoms with Gasteiger partial charge in [0.15, 0.2) is 40.1 Å². The Bertz CT molecular complexity index is 864. The molecule has 32 heavy (non-hydrogen) atoms. The van der Waals surface area contributed by atoms with Crippen molar-refractivity contribution in [3.8, 4) is 0 Å². The van der Waals surface area contributed by atoms with E-state index in [1.165, 1.54) is 0 Å². The summed E-state index contributed by atoms with van der Waals surface area (Å²) >= 11 is 0. The SMILES string of the molecule is O.O=S(=O)([N-]S(=O)(=O)C(F)(F)F)C(F)(F)F.O=S(=O)([N-]S(=O)(=O)C(F)(F)F)C(F)(F)F.[Cu+2]. The molecule has 0 fully saturated rings. The molecule has 0 unspecified atom stereocenters. The number of rotatable bonds is 4. The minimum Gasteiger partial charge on any atom is -0.421 e. The van der Waals surface area contributed by atoms with Crippen LogP contribution in [0.25, 0.3) is 8.25 Å². The Kier molecular flexibility index (Phi) is 13.0. The standard InChI is InChI=1S/2C2F6NO4S2.Cu.H2O/c2*3-1(4,5)14(10,11)9-15(12,13)2(6,7)8;;/h;;;1H2/q2*-1;+2;. The van der Waals surface area contributed by atoms with E-state index in [2.05, 4.69) is 0 Å². The smallest absolute Gasteiger partial charge is 0.421 e. The van der Waals surface area contributed by atoms with E-state index in [9.17, 15) is 86.4 Å². The summed E-state index contributed by atoms with van der Waals surface area (Å²) in [5.41, 5.74) is -24.8. The third-order valence-corrected chi connectivity index (χ3v) is 7.04. The van der Waals surface area contributed by atoms with Crippen LogP contribution in [0.3, 0.4) is 0 Å². The van der Waals surface area contributed by atoms with Crippen LogP contribution >= 0.6 is 0 Å². The molecule has 1 radical (unpaired) electrons. The van der Waals surface area contributed by atoms with Gasteiger partial charge in [0, 0.05) is 0 Å². The van der Waals surface area contributed by atoms with E-state index >= 15 is 0 Å². The Morgan fingerprint density at radius 3 is 0.531 bits per heavy atom. The number of hydrogen-bond acceptors (Lipinski definition) is 8. The maximum atomic E-state index is 11.4. The van der Waals surface area contributed by atoms with E-state index in [1.807, 2.05) is 0 Å². The Morgan fingerprint density at radius 1 is 0.375 bits per heavy atom. The molecule has 0 aliphatic carbocycles. The van der Waals surface area contributed by atoms with Gasteiger partial charge in [0.25, 0.3) is 0 Å². The van der Waals surface area contributed by atoms with Gasteiger partial charge in [-0.1, -0.05) is 0 Å². The third kappa shape index (κ3) is 10.5. The molecule has 0 saturated heterocycles. The number of alkyl halides is 12.